The first-order valence-electron chi connectivity index (χ1n) is 6.75. The fourth-order valence-electron chi connectivity index (χ4n) is 3.79. The number of hydrogen-bond donors (Lipinski definition) is 1. The molecule has 2 aliphatic rings. The summed E-state index contributed by atoms with van der Waals surface area (Å²) in [6.45, 7) is 9.40. The number of aliphatic hydroxyl groups excluding tert-OH is 1. The average molecular weight is 233 g/mol. The molecular weight excluding hydrogens is 210 g/mol. The fraction of sp³-hybridized carbons (Fsp3) is 0.733. The highest BCUT2D eigenvalue weighted by Gasteiger charge is 2.66. The van der Waals surface area contributed by atoms with Crippen molar-refractivity contribution in [1.82, 2.24) is 4.57 Å². The minimum absolute atomic E-state index is 0.232. The van der Waals surface area contributed by atoms with Crippen LogP contribution in [-0.4, -0.2) is 9.67 Å². The maximum absolute atomic E-state index is 10.0. The zero-order valence-electron chi connectivity index (χ0n) is 11.3. The van der Waals surface area contributed by atoms with E-state index in [2.05, 4.69) is 44.5 Å². The molecule has 2 aliphatic carbocycles. The molecule has 1 unspecified atom stereocenters. The van der Waals surface area contributed by atoms with Crippen LogP contribution in [0, 0.1) is 10.8 Å². The molecule has 1 atom stereocenters. The fourth-order valence-corrected chi connectivity index (χ4v) is 3.79. The monoisotopic (exact) mass is 233 g/mol. The van der Waals surface area contributed by atoms with Crippen molar-refractivity contribution in [2.75, 3.05) is 0 Å². The van der Waals surface area contributed by atoms with Gasteiger partial charge in [0.05, 0.1) is 6.10 Å². The Kier molecular flexibility index (Phi) is 2.11. The maximum atomic E-state index is 10.0. The van der Waals surface area contributed by atoms with E-state index in [1.54, 1.807) is 0 Å². The molecule has 17 heavy (non-hydrogen) atoms. The Balaban J connectivity index is 2.02. The predicted octanol–water partition coefficient (Wildman–Crippen LogP) is 3.46. The lowest BCUT2D eigenvalue weighted by Crippen LogP contribution is -2.12. The van der Waals surface area contributed by atoms with Crippen LogP contribution in [0.5, 0.6) is 0 Å². The molecule has 0 saturated heterocycles. The molecule has 2 heteroatoms. The van der Waals surface area contributed by atoms with E-state index >= 15 is 0 Å². The standard InChI is InChI=1S/C15H23NO/c1-14(2)13(15(14,3)4)16-9-8-10-11(16)6-5-7-12(10)17/h8-9,12-13,17H,5-7H2,1-4H3. The van der Waals surface area contributed by atoms with E-state index in [-0.39, 0.29) is 6.10 Å². The highest BCUT2D eigenvalue weighted by Crippen LogP contribution is 2.71. The Morgan fingerprint density at radius 3 is 2.47 bits per heavy atom. The summed E-state index contributed by atoms with van der Waals surface area (Å²) in [6.07, 6.45) is 5.13. The Labute approximate surface area is 104 Å². The van der Waals surface area contributed by atoms with E-state index < -0.39 is 0 Å². The molecule has 2 nitrogen and oxygen atoms in total. The number of hydrogen-bond acceptors (Lipinski definition) is 1. The van der Waals surface area contributed by atoms with E-state index in [1.165, 1.54) is 11.3 Å². The molecule has 0 bridgehead atoms. The Morgan fingerprint density at radius 2 is 1.88 bits per heavy atom. The van der Waals surface area contributed by atoms with Crippen LogP contribution in [-0.2, 0) is 6.42 Å². The lowest BCUT2D eigenvalue weighted by Gasteiger charge is -2.21. The average Bonchev–Trinajstić information content (AvgIpc) is 2.60. The van der Waals surface area contributed by atoms with Crippen LogP contribution in [0.2, 0.25) is 0 Å². The van der Waals surface area contributed by atoms with Gasteiger partial charge in [-0.05, 0) is 36.2 Å². The molecule has 1 N–H and O–H groups in total. The van der Waals surface area contributed by atoms with E-state index in [4.69, 9.17) is 0 Å². The molecule has 0 radical (unpaired) electrons. The SMILES string of the molecule is CC1(C)C(n2ccc3c2CCCC3O)C1(C)C. The summed E-state index contributed by atoms with van der Waals surface area (Å²) in [4.78, 5) is 0. The lowest BCUT2D eigenvalue weighted by molar-refractivity contribution is 0.155. The summed E-state index contributed by atoms with van der Waals surface area (Å²) in [5.41, 5.74) is 3.28. The van der Waals surface area contributed by atoms with Gasteiger partial charge in [0.15, 0.2) is 0 Å². The first kappa shape index (κ1) is 11.3. The molecule has 3 rings (SSSR count). The van der Waals surface area contributed by atoms with Gasteiger partial charge in [0.1, 0.15) is 0 Å². The normalized spacial score (nSPS) is 30.1. The summed E-state index contributed by atoms with van der Waals surface area (Å²) in [6, 6.07) is 2.72. The number of aliphatic hydroxyl groups is 1. The van der Waals surface area contributed by atoms with Crippen molar-refractivity contribution in [1.29, 1.82) is 0 Å². The van der Waals surface area contributed by atoms with Crippen molar-refractivity contribution in [3.8, 4) is 0 Å². The largest absolute Gasteiger partial charge is 0.388 e. The third-order valence-electron chi connectivity index (χ3n) is 5.53. The van der Waals surface area contributed by atoms with Gasteiger partial charge < -0.3 is 9.67 Å². The molecule has 1 aromatic heterocycles. The van der Waals surface area contributed by atoms with Crippen LogP contribution < -0.4 is 0 Å². The number of aromatic nitrogens is 1. The summed E-state index contributed by atoms with van der Waals surface area (Å²) in [5, 5.41) is 10.0. The maximum Gasteiger partial charge on any atom is 0.0807 e. The third-order valence-corrected chi connectivity index (χ3v) is 5.53. The summed E-state index contributed by atoms with van der Waals surface area (Å²) < 4.78 is 2.44. The Bertz CT molecular complexity index is 441. The molecule has 1 fully saturated rings. The predicted molar refractivity (Wildman–Crippen MR) is 68.9 cm³/mol. The molecular formula is C15H23NO. The topological polar surface area (TPSA) is 25.2 Å². The van der Waals surface area contributed by atoms with E-state index in [0.29, 0.717) is 16.9 Å². The second-order valence-electron chi connectivity index (χ2n) is 6.88. The van der Waals surface area contributed by atoms with Crippen LogP contribution in [0.4, 0.5) is 0 Å². The minimum atomic E-state index is -0.232. The van der Waals surface area contributed by atoms with Crippen molar-refractivity contribution in [2.24, 2.45) is 10.8 Å². The van der Waals surface area contributed by atoms with Gasteiger partial charge in [0.2, 0.25) is 0 Å². The Morgan fingerprint density at radius 1 is 1.24 bits per heavy atom. The summed E-state index contributed by atoms with van der Waals surface area (Å²) in [5.74, 6) is 0. The molecule has 0 aliphatic heterocycles. The lowest BCUT2D eigenvalue weighted by atomic mass is 9.95. The van der Waals surface area contributed by atoms with Crippen LogP contribution in [0.1, 0.15) is 63.9 Å². The molecule has 1 saturated carbocycles. The summed E-state index contributed by atoms with van der Waals surface area (Å²) >= 11 is 0. The molecule has 0 spiro atoms. The molecule has 94 valence electrons. The Hall–Kier alpha value is -0.760. The number of nitrogens with zero attached hydrogens (tertiary/aromatic N) is 1. The van der Waals surface area contributed by atoms with Gasteiger partial charge in [-0.2, -0.15) is 0 Å². The molecule has 1 heterocycles. The highest BCUT2D eigenvalue weighted by atomic mass is 16.3. The zero-order chi connectivity index (χ0) is 12.4. The first-order valence-corrected chi connectivity index (χ1v) is 6.75. The first-order chi connectivity index (χ1) is 7.87. The second-order valence-corrected chi connectivity index (χ2v) is 6.88. The number of fused-ring (bicyclic) bond motifs is 1. The van der Waals surface area contributed by atoms with Gasteiger partial charge in [-0.1, -0.05) is 27.7 Å². The van der Waals surface area contributed by atoms with Gasteiger partial charge in [-0.25, -0.2) is 0 Å². The molecule has 0 amide bonds. The van der Waals surface area contributed by atoms with Gasteiger partial charge >= 0.3 is 0 Å². The van der Waals surface area contributed by atoms with Crippen molar-refractivity contribution in [3.63, 3.8) is 0 Å². The van der Waals surface area contributed by atoms with Crippen molar-refractivity contribution >= 4 is 0 Å². The van der Waals surface area contributed by atoms with Crippen LogP contribution in [0.15, 0.2) is 12.3 Å². The number of rotatable bonds is 1. The third kappa shape index (κ3) is 1.31. The van der Waals surface area contributed by atoms with Gasteiger partial charge in [0.25, 0.3) is 0 Å². The van der Waals surface area contributed by atoms with Crippen molar-refractivity contribution in [3.05, 3.63) is 23.5 Å². The molecule has 0 aromatic carbocycles. The van der Waals surface area contributed by atoms with Crippen LogP contribution >= 0.6 is 0 Å². The van der Waals surface area contributed by atoms with Gasteiger partial charge in [0, 0.05) is 23.5 Å². The van der Waals surface area contributed by atoms with Crippen LogP contribution in [0.25, 0.3) is 0 Å². The minimum Gasteiger partial charge on any atom is -0.388 e. The van der Waals surface area contributed by atoms with Gasteiger partial charge in [-0.3, -0.25) is 0 Å². The zero-order valence-corrected chi connectivity index (χ0v) is 11.3. The van der Waals surface area contributed by atoms with E-state index in [0.717, 1.165) is 19.3 Å². The highest BCUT2D eigenvalue weighted by molar-refractivity contribution is 5.31. The molecule has 1 aromatic rings. The smallest absolute Gasteiger partial charge is 0.0807 e. The van der Waals surface area contributed by atoms with Crippen molar-refractivity contribution in [2.45, 2.75) is 59.1 Å². The quantitative estimate of drug-likeness (QED) is 0.789. The van der Waals surface area contributed by atoms with Crippen molar-refractivity contribution < 1.29 is 5.11 Å². The second kappa shape index (κ2) is 3.17. The summed E-state index contributed by atoms with van der Waals surface area (Å²) in [7, 11) is 0. The van der Waals surface area contributed by atoms with Gasteiger partial charge in [-0.15, -0.1) is 0 Å². The van der Waals surface area contributed by atoms with E-state index in [1.807, 2.05) is 0 Å². The van der Waals surface area contributed by atoms with E-state index in [9.17, 15) is 5.11 Å². The van der Waals surface area contributed by atoms with Crippen LogP contribution in [0.3, 0.4) is 0 Å².